The second-order valence-electron chi connectivity index (χ2n) is 4.65. The Labute approximate surface area is 126 Å². The van der Waals surface area contributed by atoms with E-state index in [1.807, 2.05) is 6.92 Å². The average Bonchev–Trinajstić information content (AvgIpc) is 2.48. The molecule has 1 aromatic carbocycles. The molecule has 0 aliphatic carbocycles. The predicted octanol–water partition coefficient (Wildman–Crippen LogP) is 2.58. The van der Waals surface area contributed by atoms with Gasteiger partial charge in [0.25, 0.3) is 5.91 Å². The Bertz CT molecular complexity index is 461. The number of benzene rings is 1. The highest BCUT2D eigenvalue weighted by Gasteiger charge is 2.12. The largest absolute Gasteiger partial charge is 0.381 e. The molecule has 5 heteroatoms. The van der Waals surface area contributed by atoms with Gasteiger partial charge >= 0.3 is 0 Å². The van der Waals surface area contributed by atoms with Crippen molar-refractivity contribution in [2.24, 2.45) is 0 Å². The summed E-state index contributed by atoms with van der Waals surface area (Å²) in [6.07, 6.45) is 2.24. The minimum Gasteiger partial charge on any atom is -0.381 e. The standard InChI is InChI=1S/C16H24N2O3/c1-3-5-11-17-16(20)13-8-6-7-9-14(13)18-15(19)10-12-21-4-2/h6-9H,3-5,10-12H2,1-2H3,(H,17,20)(H,18,19). The molecule has 116 valence electrons. The highest BCUT2D eigenvalue weighted by atomic mass is 16.5. The molecule has 0 atom stereocenters. The molecule has 0 unspecified atom stereocenters. The van der Waals surface area contributed by atoms with Gasteiger partial charge in [-0.25, -0.2) is 0 Å². The van der Waals surface area contributed by atoms with Crippen LogP contribution in [-0.2, 0) is 9.53 Å². The molecule has 0 aliphatic rings. The lowest BCUT2D eigenvalue weighted by molar-refractivity contribution is -0.117. The lowest BCUT2D eigenvalue weighted by Crippen LogP contribution is -2.26. The number of rotatable bonds is 9. The number of para-hydroxylation sites is 1. The van der Waals surface area contributed by atoms with Gasteiger partial charge < -0.3 is 15.4 Å². The van der Waals surface area contributed by atoms with Crippen LogP contribution in [0.3, 0.4) is 0 Å². The normalized spacial score (nSPS) is 10.2. The second kappa shape index (κ2) is 9.94. The molecule has 0 bridgehead atoms. The molecule has 0 aromatic heterocycles. The number of hydrogen-bond acceptors (Lipinski definition) is 3. The average molecular weight is 292 g/mol. The van der Waals surface area contributed by atoms with E-state index in [9.17, 15) is 9.59 Å². The van der Waals surface area contributed by atoms with Crippen molar-refractivity contribution in [1.29, 1.82) is 0 Å². The van der Waals surface area contributed by atoms with Gasteiger partial charge in [-0.3, -0.25) is 9.59 Å². The van der Waals surface area contributed by atoms with Crippen LogP contribution in [-0.4, -0.2) is 31.6 Å². The number of hydrogen-bond donors (Lipinski definition) is 2. The first-order chi connectivity index (χ1) is 10.2. The fraction of sp³-hybridized carbons (Fsp3) is 0.500. The summed E-state index contributed by atoms with van der Waals surface area (Å²) < 4.78 is 5.14. The molecule has 21 heavy (non-hydrogen) atoms. The lowest BCUT2D eigenvalue weighted by atomic mass is 10.1. The summed E-state index contributed by atoms with van der Waals surface area (Å²) >= 11 is 0. The van der Waals surface area contributed by atoms with Crippen molar-refractivity contribution in [3.05, 3.63) is 29.8 Å². The Hall–Kier alpha value is -1.88. The van der Waals surface area contributed by atoms with E-state index in [1.165, 1.54) is 0 Å². The highest BCUT2D eigenvalue weighted by molar-refractivity contribution is 6.03. The van der Waals surface area contributed by atoms with Crippen molar-refractivity contribution >= 4 is 17.5 Å². The van der Waals surface area contributed by atoms with Crippen LogP contribution in [0.2, 0.25) is 0 Å². The lowest BCUT2D eigenvalue weighted by Gasteiger charge is -2.11. The summed E-state index contributed by atoms with van der Waals surface area (Å²) in [6, 6.07) is 7.01. The molecule has 0 radical (unpaired) electrons. The van der Waals surface area contributed by atoms with Crippen LogP contribution >= 0.6 is 0 Å². The van der Waals surface area contributed by atoms with Crippen molar-refractivity contribution in [3.63, 3.8) is 0 Å². The number of unbranched alkanes of at least 4 members (excludes halogenated alkanes) is 1. The second-order valence-corrected chi connectivity index (χ2v) is 4.65. The number of nitrogens with one attached hydrogen (secondary N) is 2. The van der Waals surface area contributed by atoms with Crippen LogP contribution in [0.25, 0.3) is 0 Å². The van der Waals surface area contributed by atoms with Crippen LogP contribution < -0.4 is 10.6 Å². The Morgan fingerprint density at radius 2 is 1.95 bits per heavy atom. The number of ether oxygens (including phenoxy) is 1. The molecule has 0 fully saturated rings. The molecule has 0 heterocycles. The van der Waals surface area contributed by atoms with Gasteiger partial charge in [0.1, 0.15) is 0 Å². The van der Waals surface area contributed by atoms with Gasteiger partial charge in [-0.2, -0.15) is 0 Å². The molecule has 5 nitrogen and oxygen atoms in total. The van der Waals surface area contributed by atoms with E-state index in [1.54, 1.807) is 24.3 Å². The third-order valence-electron chi connectivity index (χ3n) is 2.94. The van der Waals surface area contributed by atoms with Crippen LogP contribution in [0, 0.1) is 0 Å². The van der Waals surface area contributed by atoms with Gasteiger partial charge in [-0.15, -0.1) is 0 Å². The fourth-order valence-electron chi connectivity index (χ4n) is 1.79. The molecule has 1 aromatic rings. The maximum absolute atomic E-state index is 12.1. The first-order valence-corrected chi connectivity index (χ1v) is 7.43. The minimum absolute atomic E-state index is 0.155. The summed E-state index contributed by atoms with van der Waals surface area (Å²) in [6.45, 7) is 5.56. The van der Waals surface area contributed by atoms with E-state index in [-0.39, 0.29) is 18.2 Å². The summed E-state index contributed by atoms with van der Waals surface area (Å²) in [5, 5.41) is 5.61. The predicted molar refractivity (Wildman–Crippen MR) is 83.4 cm³/mol. The van der Waals surface area contributed by atoms with E-state index in [0.29, 0.717) is 31.0 Å². The molecule has 2 amide bonds. The van der Waals surface area contributed by atoms with Crippen molar-refractivity contribution in [2.45, 2.75) is 33.1 Å². The maximum atomic E-state index is 12.1. The van der Waals surface area contributed by atoms with Crippen molar-refractivity contribution < 1.29 is 14.3 Å². The van der Waals surface area contributed by atoms with Gasteiger partial charge in [0.05, 0.1) is 24.3 Å². The minimum atomic E-state index is -0.163. The van der Waals surface area contributed by atoms with Gasteiger partial charge in [-0.1, -0.05) is 25.5 Å². The van der Waals surface area contributed by atoms with Crippen LogP contribution in [0.1, 0.15) is 43.5 Å². The zero-order valence-electron chi connectivity index (χ0n) is 12.8. The number of amides is 2. The van der Waals surface area contributed by atoms with Crippen molar-refractivity contribution in [2.75, 3.05) is 25.1 Å². The van der Waals surface area contributed by atoms with E-state index >= 15 is 0 Å². The van der Waals surface area contributed by atoms with Gasteiger partial charge in [0, 0.05) is 13.2 Å². The zero-order valence-corrected chi connectivity index (χ0v) is 12.8. The summed E-state index contributed by atoms with van der Waals surface area (Å²) in [4.78, 5) is 23.9. The molecular weight excluding hydrogens is 268 g/mol. The van der Waals surface area contributed by atoms with E-state index in [2.05, 4.69) is 17.6 Å². The SMILES string of the molecule is CCCCNC(=O)c1ccccc1NC(=O)CCOCC. The van der Waals surface area contributed by atoms with Gasteiger partial charge in [0.15, 0.2) is 0 Å². The van der Waals surface area contributed by atoms with Crippen molar-refractivity contribution in [1.82, 2.24) is 5.32 Å². The van der Waals surface area contributed by atoms with E-state index in [0.717, 1.165) is 12.8 Å². The number of carbonyl (C=O) groups excluding carboxylic acids is 2. The summed E-state index contributed by atoms with van der Waals surface area (Å²) in [5.74, 6) is -0.318. The van der Waals surface area contributed by atoms with Crippen molar-refractivity contribution in [3.8, 4) is 0 Å². The highest BCUT2D eigenvalue weighted by Crippen LogP contribution is 2.15. The molecule has 0 saturated carbocycles. The number of carbonyl (C=O) groups is 2. The van der Waals surface area contributed by atoms with Gasteiger partial charge in [0.2, 0.25) is 5.91 Å². The molecule has 2 N–H and O–H groups in total. The maximum Gasteiger partial charge on any atom is 0.253 e. The van der Waals surface area contributed by atoms with Crippen LogP contribution in [0.4, 0.5) is 5.69 Å². The first-order valence-electron chi connectivity index (χ1n) is 7.43. The Kier molecular flexibility index (Phi) is 8.12. The molecule has 0 aliphatic heterocycles. The molecule has 1 rings (SSSR count). The fourth-order valence-corrected chi connectivity index (χ4v) is 1.79. The van der Waals surface area contributed by atoms with Gasteiger partial charge in [-0.05, 0) is 25.5 Å². The first kappa shape index (κ1) is 17.2. The smallest absolute Gasteiger partial charge is 0.253 e. The Morgan fingerprint density at radius 1 is 1.19 bits per heavy atom. The van der Waals surface area contributed by atoms with E-state index in [4.69, 9.17) is 4.74 Å². The monoisotopic (exact) mass is 292 g/mol. The zero-order chi connectivity index (χ0) is 15.5. The summed E-state index contributed by atoms with van der Waals surface area (Å²) in [7, 11) is 0. The molecule has 0 saturated heterocycles. The molecular formula is C16H24N2O3. The van der Waals surface area contributed by atoms with E-state index < -0.39 is 0 Å². The Balaban J connectivity index is 2.61. The third-order valence-corrected chi connectivity index (χ3v) is 2.94. The third kappa shape index (κ3) is 6.40. The molecule has 0 spiro atoms. The van der Waals surface area contributed by atoms with Crippen LogP contribution in [0.5, 0.6) is 0 Å². The summed E-state index contributed by atoms with van der Waals surface area (Å²) in [5.41, 5.74) is 1.02. The number of anilines is 1. The Morgan fingerprint density at radius 3 is 2.67 bits per heavy atom. The quantitative estimate of drug-likeness (QED) is 0.687. The topological polar surface area (TPSA) is 67.4 Å². The van der Waals surface area contributed by atoms with Crippen LogP contribution in [0.15, 0.2) is 24.3 Å².